The van der Waals surface area contributed by atoms with E-state index >= 15 is 0 Å². The van der Waals surface area contributed by atoms with E-state index in [1.165, 1.54) is 0 Å². The predicted molar refractivity (Wildman–Crippen MR) is 73.2 cm³/mol. The Balaban J connectivity index is 2.10. The highest BCUT2D eigenvalue weighted by atomic mass is 79.9. The van der Waals surface area contributed by atoms with Gasteiger partial charge < -0.3 is 5.32 Å². The zero-order valence-electron chi connectivity index (χ0n) is 9.51. The maximum absolute atomic E-state index is 11.8. The molecule has 0 radical (unpaired) electrons. The Morgan fingerprint density at radius 3 is 3.00 bits per heavy atom. The Labute approximate surface area is 115 Å². The molecule has 1 aromatic rings. The summed E-state index contributed by atoms with van der Waals surface area (Å²) in [6.07, 6.45) is 3.88. The van der Waals surface area contributed by atoms with Crippen LogP contribution in [0.1, 0.15) is 24.8 Å². The summed E-state index contributed by atoms with van der Waals surface area (Å²) in [4.78, 5) is 11.8. The summed E-state index contributed by atoms with van der Waals surface area (Å²) in [7, 11) is 0. The van der Waals surface area contributed by atoms with Gasteiger partial charge in [0, 0.05) is 22.0 Å². The zero-order valence-corrected chi connectivity index (χ0v) is 11.9. The molecular weight excluding hydrogens is 302 g/mol. The second-order valence-corrected chi connectivity index (χ2v) is 5.75. The van der Waals surface area contributed by atoms with E-state index in [-0.39, 0.29) is 11.8 Å². The zero-order chi connectivity index (χ0) is 12.3. The van der Waals surface area contributed by atoms with E-state index in [1.807, 2.05) is 18.2 Å². The van der Waals surface area contributed by atoms with Crippen LogP contribution in [0.15, 0.2) is 22.7 Å². The first-order chi connectivity index (χ1) is 8.16. The van der Waals surface area contributed by atoms with Crippen molar-refractivity contribution in [1.29, 1.82) is 0 Å². The molecule has 1 aliphatic heterocycles. The Morgan fingerprint density at radius 1 is 1.41 bits per heavy atom. The van der Waals surface area contributed by atoms with Crippen LogP contribution >= 0.6 is 27.5 Å². The van der Waals surface area contributed by atoms with Crippen LogP contribution in [-0.2, 0) is 11.2 Å². The number of carbonyl (C=O) groups is 1. The molecule has 1 aromatic carbocycles. The van der Waals surface area contributed by atoms with Gasteiger partial charge in [0.2, 0.25) is 5.91 Å². The summed E-state index contributed by atoms with van der Waals surface area (Å²) in [5.74, 6) is 0.234. The fourth-order valence-electron chi connectivity index (χ4n) is 2.15. The molecule has 1 saturated heterocycles. The van der Waals surface area contributed by atoms with Gasteiger partial charge in [-0.05, 0) is 37.0 Å². The Hall–Kier alpha value is -0.540. The smallest absolute Gasteiger partial charge is 0.223 e. The van der Waals surface area contributed by atoms with E-state index < -0.39 is 0 Å². The van der Waals surface area contributed by atoms with Gasteiger partial charge in [-0.3, -0.25) is 4.79 Å². The molecule has 1 amide bonds. The van der Waals surface area contributed by atoms with Crippen molar-refractivity contribution >= 4 is 33.4 Å². The van der Waals surface area contributed by atoms with Gasteiger partial charge in [0.1, 0.15) is 0 Å². The molecule has 0 aromatic heterocycles. The average Bonchev–Trinajstić information content (AvgIpc) is 2.48. The van der Waals surface area contributed by atoms with Crippen molar-refractivity contribution in [1.82, 2.24) is 5.32 Å². The van der Waals surface area contributed by atoms with Crippen molar-refractivity contribution in [3.8, 4) is 0 Å². The number of hydrogen-bond acceptors (Lipinski definition) is 1. The number of halogens is 2. The lowest BCUT2D eigenvalue weighted by molar-refractivity contribution is -0.124. The molecule has 0 saturated carbocycles. The number of benzene rings is 1. The minimum Gasteiger partial charge on any atom is -0.356 e. The van der Waals surface area contributed by atoms with Crippen LogP contribution in [0.3, 0.4) is 0 Å². The number of hydrogen-bond donors (Lipinski definition) is 1. The SMILES string of the molecule is O=C1NCCCCC1Cc1ccc(Br)cc1Cl. The standard InChI is InChI=1S/C13H15BrClNO/c14-11-5-4-9(12(15)8-11)7-10-3-1-2-6-16-13(10)17/h4-5,8,10H,1-3,6-7H2,(H,16,17). The van der Waals surface area contributed by atoms with E-state index in [1.54, 1.807) is 0 Å². The molecule has 1 N–H and O–H groups in total. The van der Waals surface area contributed by atoms with Gasteiger partial charge in [-0.1, -0.05) is 40.0 Å². The molecule has 1 aliphatic rings. The molecular formula is C13H15BrClNO. The van der Waals surface area contributed by atoms with Crippen LogP contribution in [0.25, 0.3) is 0 Å². The molecule has 17 heavy (non-hydrogen) atoms. The van der Waals surface area contributed by atoms with Crippen molar-refractivity contribution in [2.24, 2.45) is 5.92 Å². The molecule has 1 fully saturated rings. The van der Waals surface area contributed by atoms with Crippen LogP contribution < -0.4 is 5.32 Å². The first kappa shape index (κ1) is 12.9. The van der Waals surface area contributed by atoms with Crippen LogP contribution in [-0.4, -0.2) is 12.5 Å². The highest BCUT2D eigenvalue weighted by Crippen LogP contribution is 2.26. The topological polar surface area (TPSA) is 29.1 Å². The summed E-state index contributed by atoms with van der Waals surface area (Å²) in [6, 6.07) is 5.84. The van der Waals surface area contributed by atoms with Gasteiger partial charge in [-0.25, -0.2) is 0 Å². The molecule has 1 atom stereocenters. The average molecular weight is 317 g/mol. The van der Waals surface area contributed by atoms with Crippen molar-refractivity contribution in [2.75, 3.05) is 6.54 Å². The first-order valence-electron chi connectivity index (χ1n) is 5.88. The fraction of sp³-hybridized carbons (Fsp3) is 0.462. The number of amides is 1. The van der Waals surface area contributed by atoms with Crippen LogP contribution in [0.2, 0.25) is 5.02 Å². The third kappa shape index (κ3) is 3.46. The van der Waals surface area contributed by atoms with Crippen molar-refractivity contribution < 1.29 is 4.79 Å². The molecule has 0 spiro atoms. The molecule has 1 heterocycles. The van der Waals surface area contributed by atoms with E-state index in [0.29, 0.717) is 0 Å². The molecule has 0 aliphatic carbocycles. The quantitative estimate of drug-likeness (QED) is 0.888. The van der Waals surface area contributed by atoms with Crippen molar-refractivity contribution in [3.63, 3.8) is 0 Å². The Morgan fingerprint density at radius 2 is 2.24 bits per heavy atom. The molecule has 0 bridgehead atoms. The van der Waals surface area contributed by atoms with E-state index in [4.69, 9.17) is 11.6 Å². The third-order valence-electron chi connectivity index (χ3n) is 3.13. The largest absolute Gasteiger partial charge is 0.356 e. The van der Waals surface area contributed by atoms with Gasteiger partial charge in [-0.15, -0.1) is 0 Å². The summed E-state index contributed by atoms with van der Waals surface area (Å²) >= 11 is 9.56. The van der Waals surface area contributed by atoms with Gasteiger partial charge >= 0.3 is 0 Å². The number of carbonyl (C=O) groups excluding carboxylic acids is 1. The molecule has 2 nitrogen and oxygen atoms in total. The molecule has 92 valence electrons. The van der Waals surface area contributed by atoms with E-state index in [2.05, 4.69) is 21.2 Å². The van der Waals surface area contributed by atoms with Gasteiger partial charge in [0.25, 0.3) is 0 Å². The lowest BCUT2D eigenvalue weighted by Crippen LogP contribution is -2.30. The summed E-state index contributed by atoms with van der Waals surface area (Å²) in [5.41, 5.74) is 1.05. The Bertz CT molecular complexity index is 422. The summed E-state index contributed by atoms with van der Waals surface area (Å²) in [6.45, 7) is 0.809. The third-order valence-corrected chi connectivity index (χ3v) is 3.98. The van der Waals surface area contributed by atoms with Gasteiger partial charge in [0.15, 0.2) is 0 Å². The molecule has 2 rings (SSSR count). The second-order valence-electron chi connectivity index (χ2n) is 4.42. The predicted octanol–water partition coefficient (Wildman–Crippen LogP) is 3.56. The normalized spacial score (nSPS) is 20.8. The van der Waals surface area contributed by atoms with Crippen LogP contribution in [0.5, 0.6) is 0 Å². The van der Waals surface area contributed by atoms with Crippen LogP contribution in [0, 0.1) is 5.92 Å². The number of nitrogens with one attached hydrogen (secondary N) is 1. The second kappa shape index (κ2) is 5.87. The van der Waals surface area contributed by atoms with E-state index in [9.17, 15) is 4.79 Å². The highest BCUT2D eigenvalue weighted by molar-refractivity contribution is 9.10. The number of rotatable bonds is 2. The maximum Gasteiger partial charge on any atom is 0.223 e. The first-order valence-corrected chi connectivity index (χ1v) is 7.05. The van der Waals surface area contributed by atoms with Crippen molar-refractivity contribution in [2.45, 2.75) is 25.7 Å². The Kier molecular flexibility index (Phi) is 4.46. The minimum atomic E-state index is 0.0659. The maximum atomic E-state index is 11.8. The van der Waals surface area contributed by atoms with Crippen molar-refractivity contribution in [3.05, 3.63) is 33.3 Å². The van der Waals surface area contributed by atoms with E-state index in [0.717, 1.165) is 47.3 Å². The summed E-state index contributed by atoms with van der Waals surface area (Å²) < 4.78 is 0.969. The monoisotopic (exact) mass is 315 g/mol. The minimum absolute atomic E-state index is 0.0659. The lowest BCUT2D eigenvalue weighted by Gasteiger charge is -2.14. The molecule has 1 unspecified atom stereocenters. The summed E-state index contributed by atoms with van der Waals surface area (Å²) in [5, 5.41) is 3.69. The highest BCUT2D eigenvalue weighted by Gasteiger charge is 2.21. The van der Waals surface area contributed by atoms with Gasteiger partial charge in [-0.2, -0.15) is 0 Å². The lowest BCUT2D eigenvalue weighted by atomic mass is 9.94. The molecule has 4 heteroatoms. The van der Waals surface area contributed by atoms with Crippen LogP contribution in [0.4, 0.5) is 0 Å². The van der Waals surface area contributed by atoms with Gasteiger partial charge in [0.05, 0.1) is 0 Å². The fourth-order valence-corrected chi connectivity index (χ4v) is 2.90.